The molecule has 0 N–H and O–H groups in total. The van der Waals surface area contributed by atoms with Gasteiger partial charge in [-0.05, 0) is 75.9 Å². The fourth-order valence-corrected chi connectivity index (χ4v) is 6.94. The molecule has 4 aromatic carbocycles. The normalized spacial score (nSPS) is 15.3. The van der Waals surface area contributed by atoms with Gasteiger partial charge in [-0.1, -0.05) is 86.7 Å². The minimum atomic E-state index is -0.0966. The first kappa shape index (κ1) is 23.2. The van der Waals surface area contributed by atoms with Gasteiger partial charge in [-0.15, -0.1) is 0 Å². The molecule has 3 heterocycles. The van der Waals surface area contributed by atoms with Crippen LogP contribution in [0.4, 0.5) is 17.1 Å². The Kier molecular flexibility index (Phi) is 4.99. The summed E-state index contributed by atoms with van der Waals surface area (Å²) in [7, 11) is 0. The number of pyridine rings is 2. The van der Waals surface area contributed by atoms with Crippen molar-refractivity contribution in [2.24, 2.45) is 0 Å². The Balaban J connectivity index is 1.40. The van der Waals surface area contributed by atoms with Crippen LogP contribution in [-0.4, -0.2) is 9.97 Å². The van der Waals surface area contributed by atoms with Crippen molar-refractivity contribution in [1.29, 1.82) is 0 Å². The Bertz CT molecular complexity index is 2060. The summed E-state index contributed by atoms with van der Waals surface area (Å²) in [6, 6.07) is 35.1. The number of rotatable bonds is 2. The third-order valence-electron chi connectivity index (χ3n) is 8.85. The largest absolute Gasteiger partial charge is 0.309 e. The van der Waals surface area contributed by atoms with Crippen LogP contribution in [0.3, 0.4) is 0 Å². The molecule has 3 heteroatoms. The third-order valence-corrected chi connectivity index (χ3v) is 8.85. The van der Waals surface area contributed by atoms with Crippen LogP contribution in [0.2, 0.25) is 0 Å². The van der Waals surface area contributed by atoms with E-state index in [4.69, 9.17) is 9.97 Å². The van der Waals surface area contributed by atoms with Gasteiger partial charge in [0.25, 0.3) is 0 Å². The second-order valence-electron chi connectivity index (χ2n) is 11.3. The molecule has 1 aliphatic heterocycles. The molecule has 2 aliphatic rings. The lowest BCUT2D eigenvalue weighted by Crippen LogP contribution is -2.30. The number of benzene rings is 4. The van der Waals surface area contributed by atoms with Crippen LogP contribution in [-0.2, 0) is 5.41 Å². The van der Waals surface area contributed by atoms with Gasteiger partial charge in [-0.3, -0.25) is 9.97 Å². The number of anilines is 3. The summed E-state index contributed by atoms with van der Waals surface area (Å²) in [6.07, 6.45) is 8.32. The van der Waals surface area contributed by atoms with Crippen molar-refractivity contribution in [2.45, 2.75) is 32.1 Å². The lowest BCUT2D eigenvalue weighted by molar-refractivity contribution is 0.632. The second-order valence-corrected chi connectivity index (χ2v) is 11.3. The molecule has 0 atom stereocenters. The summed E-state index contributed by atoms with van der Waals surface area (Å²) in [6.45, 7) is 4.65. The lowest BCUT2D eigenvalue weighted by atomic mass is 9.73. The number of aromatic nitrogens is 2. The first-order chi connectivity index (χ1) is 19.6. The van der Waals surface area contributed by atoms with Gasteiger partial charge in [-0.2, -0.15) is 0 Å². The smallest absolute Gasteiger partial charge is 0.0985 e. The van der Waals surface area contributed by atoms with E-state index >= 15 is 0 Å². The zero-order valence-electron chi connectivity index (χ0n) is 22.7. The molecule has 0 radical (unpaired) electrons. The topological polar surface area (TPSA) is 29.0 Å². The van der Waals surface area contributed by atoms with Crippen LogP contribution in [0.1, 0.15) is 43.4 Å². The SMILES string of the molecule is CC1(C)c2ccccc2N(c2ccnc3c2ccc2c(C4=c5ccccc5=CCC4)ccnc23)c2ccccc21. The fraction of sp³-hybridized carbons (Fsp3) is 0.135. The van der Waals surface area contributed by atoms with Crippen LogP contribution >= 0.6 is 0 Å². The number of para-hydroxylation sites is 2. The maximum absolute atomic E-state index is 4.93. The van der Waals surface area contributed by atoms with E-state index in [0.717, 1.165) is 40.3 Å². The Morgan fingerprint density at radius 3 is 2.02 bits per heavy atom. The second kappa shape index (κ2) is 8.62. The van der Waals surface area contributed by atoms with Crippen molar-refractivity contribution in [3.05, 3.63) is 137 Å². The Morgan fingerprint density at radius 1 is 0.625 bits per heavy atom. The van der Waals surface area contributed by atoms with E-state index in [1.54, 1.807) is 0 Å². The molecule has 40 heavy (non-hydrogen) atoms. The molecule has 0 saturated heterocycles. The maximum Gasteiger partial charge on any atom is 0.0985 e. The molecular formula is C37H29N3. The summed E-state index contributed by atoms with van der Waals surface area (Å²) < 4.78 is 0. The van der Waals surface area contributed by atoms with Crippen molar-refractivity contribution in [2.75, 3.05) is 4.90 Å². The fourth-order valence-electron chi connectivity index (χ4n) is 6.94. The van der Waals surface area contributed by atoms with Gasteiger partial charge in [0, 0.05) is 28.6 Å². The predicted molar refractivity (Wildman–Crippen MR) is 166 cm³/mol. The highest BCUT2D eigenvalue weighted by Crippen LogP contribution is 2.52. The van der Waals surface area contributed by atoms with Gasteiger partial charge < -0.3 is 4.90 Å². The summed E-state index contributed by atoms with van der Waals surface area (Å²) in [5, 5.41) is 4.91. The van der Waals surface area contributed by atoms with Gasteiger partial charge in [0.1, 0.15) is 0 Å². The number of fused-ring (bicyclic) bond motifs is 6. The van der Waals surface area contributed by atoms with Gasteiger partial charge in [0.2, 0.25) is 0 Å². The van der Waals surface area contributed by atoms with Crippen molar-refractivity contribution >= 4 is 50.5 Å². The van der Waals surface area contributed by atoms with Crippen LogP contribution in [0.25, 0.3) is 33.5 Å². The predicted octanol–water partition coefficient (Wildman–Crippen LogP) is 7.67. The zero-order valence-corrected chi connectivity index (χ0v) is 22.7. The standard InChI is InChI=1S/C37H29N3/c1-37(2)30-14-5-7-16-33(30)40(34-17-8-6-15-31(34)37)32-21-23-39-36-29(32)19-18-28-27(20-22-38-35(28)36)26-13-9-11-24-10-3-4-12-25(24)26/h3-8,10-12,14-23H,9,13H2,1-2H3. The summed E-state index contributed by atoms with van der Waals surface area (Å²) in [4.78, 5) is 12.3. The first-order valence-electron chi connectivity index (χ1n) is 14.1. The quantitative estimate of drug-likeness (QED) is 0.222. The van der Waals surface area contributed by atoms with Crippen LogP contribution in [0.15, 0.2) is 109 Å². The molecule has 1 aliphatic carbocycles. The summed E-state index contributed by atoms with van der Waals surface area (Å²) in [5.41, 5.74) is 10.6. The average molecular weight is 516 g/mol. The molecule has 0 amide bonds. The Hall–Kier alpha value is -4.76. The van der Waals surface area contributed by atoms with E-state index in [1.807, 2.05) is 12.4 Å². The van der Waals surface area contributed by atoms with Crippen molar-refractivity contribution in [1.82, 2.24) is 9.97 Å². The maximum atomic E-state index is 4.93. The molecule has 0 bridgehead atoms. The minimum absolute atomic E-state index is 0.0966. The highest BCUT2D eigenvalue weighted by Gasteiger charge is 2.36. The van der Waals surface area contributed by atoms with Crippen molar-refractivity contribution in [3.63, 3.8) is 0 Å². The molecule has 3 nitrogen and oxygen atoms in total. The molecule has 2 aromatic heterocycles. The van der Waals surface area contributed by atoms with Crippen molar-refractivity contribution < 1.29 is 0 Å². The molecule has 8 rings (SSSR count). The first-order valence-corrected chi connectivity index (χ1v) is 14.1. The molecule has 0 spiro atoms. The van der Waals surface area contributed by atoms with E-state index in [2.05, 4.69) is 122 Å². The zero-order chi connectivity index (χ0) is 26.8. The Morgan fingerprint density at radius 2 is 1.25 bits per heavy atom. The monoisotopic (exact) mass is 515 g/mol. The van der Waals surface area contributed by atoms with Gasteiger partial charge in [0.15, 0.2) is 0 Å². The molecule has 6 aromatic rings. The summed E-state index contributed by atoms with van der Waals surface area (Å²) in [5.74, 6) is 0. The van der Waals surface area contributed by atoms with Crippen LogP contribution in [0.5, 0.6) is 0 Å². The number of nitrogens with zero attached hydrogens (tertiary/aromatic N) is 3. The Labute approximate surface area is 233 Å². The van der Waals surface area contributed by atoms with E-state index in [-0.39, 0.29) is 5.41 Å². The van der Waals surface area contributed by atoms with Gasteiger partial charge in [0.05, 0.1) is 28.1 Å². The minimum Gasteiger partial charge on any atom is -0.309 e. The van der Waals surface area contributed by atoms with Crippen LogP contribution < -0.4 is 15.3 Å². The van der Waals surface area contributed by atoms with E-state index < -0.39 is 0 Å². The highest BCUT2D eigenvalue weighted by atomic mass is 15.2. The highest BCUT2D eigenvalue weighted by molar-refractivity contribution is 6.11. The summed E-state index contributed by atoms with van der Waals surface area (Å²) >= 11 is 0. The molecule has 192 valence electrons. The van der Waals surface area contributed by atoms with E-state index in [9.17, 15) is 0 Å². The van der Waals surface area contributed by atoms with E-state index in [0.29, 0.717) is 0 Å². The molecular weight excluding hydrogens is 486 g/mol. The molecule has 0 saturated carbocycles. The molecule has 0 unspecified atom stereocenters. The van der Waals surface area contributed by atoms with Crippen LogP contribution in [0, 0.1) is 0 Å². The lowest BCUT2D eigenvalue weighted by Gasteiger charge is -2.42. The number of hydrogen-bond acceptors (Lipinski definition) is 3. The van der Waals surface area contributed by atoms with E-state index in [1.165, 1.54) is 44.1 Å². The van der Waals surface area contributed by atoms with Gasteiger partial charge >= 0.3 is 0 Å². The third kappa shape index (κ3) is 3.24. The van der Waals surface area contributed by atoms with Gasteiger partial charge in [-0.25, -0.2) is 0 Å². The number of hydrogen-bond donors (Lipinski definition) is 0. The average Bonchev–Trinajstić information content (AvgIpc) is 3.01. The molecule has 0 fully saturated rings. The van der Waals surface area contributed by atoms with Crippen molar-refractivity contribution in [3.8, 4) is 0 Å².